The third kappa shape index (κ3) is 27.2. The van der Waals surface area contributed by atoms with Gasteiger partial charge in [0.05, 0.1) is 33.4 Å². The second-order valence-electron chi connectivity index (χ2n) is 6.07. The summed E-state index contributed by atoms with van der Waals surface area (Å²) in [5.41, 5.74) is 0. The predicted molar refractivity (Wildman–Crippen MR) is 83.0 cm³/mol. The van der Waals surface area contributed by atoms with E-state index in [4.69, 9.17) is 4.55 Å². The fourth-order valence-electron chi connectivity index (χ4n) is 1.62. The van der Waals surface area contributed by atoms with Gasteiger partial charge in [-0.3, -0.25) is 4.55 Å². The van der Waals surface area contributed by atoms with Crippen molar-refractivity contribution < 1.29 is 17.5 Å². The van der Waals surface area contributed by atoms with E-state index in [0.717, 1.165) is 4.48 Å². The van der Waals surface area contributed by atoms with Gasteiger partial charge in [0.1, 0.15) is 0 Å². The molecular formula is C14H34NO3S+. The van der Waals surface area contributed by atoms with Crippen LogP contribution < -0.4 is 0 Å². The van der Waals surface area contributed by atoms with Gasteiger partial charge in [0.2, 0.25) is 0 Å². The van der Waals surface area contributed by atoms with Crippen LogP contribution in [0.3, 0.4) is 0 Å². The molecule has 0 aromatic carbocycles. The zero-order chi connectivity index (χ0) is 15.4. The minimum absolute atomic E-state index is 0.132. The van der Waals surface area contributed by atoms with Crippen LogP contribution in [0.2, 0.25) is 0 Å². The van der Waals surface area contributed by atoms with E-state index in [1.807, 2.05) is 0 Å². The van der Waals surface area contributed by atoms with Crippen molar-refractivity contribution in [2.75, 3.05) is 33.4 Å². The number of hydrogen-bond acceptors (Lipinski definition) is 2. The zero-order valence-corrected chi connectivity index (χ0v) is 14.3. The van der Waals surface area contributed by atoms with Crippen LogP contribution in [-0.4, -0.2) is 50.9 Å². The lowest BCUT2D eigenvalue weighted by molar-refractivity contribution is -0.870. The van der Waals surface area contributed by atoms with E-state index in [9.17, 15) is 8.42 Å². The minimum atomic E-state index is -3.67. The highest BCUT2D eigenvalue weighted by atomic mass is 32.2. The highest BCUT2D eigenvalue weighted by molar-refractivity contribution is 7.85. The molecule has 4 nitrogen and oxygen atoms in total. The molecular weight excluding hydrogens is 262 g/mol. The molecule has 0 fully saturated rings. The summed E-state index contributed by atoms with van der Waals surface area (Å²) in [6.07, 6.45) is 8.95. The summed E-state index contributed by atoms with van der Waals surface area (Å²) in [5.74, 6) is -0.132. The molecule has 1 N–H and O–H groups in total. The maximum absolute atomic E-state index is 9.79. The van der Waals surface area contributed by atoms with Crippen molar-refractivity contribution >= 4 is 10.1 Å². The van der Waals surface area contributed by atoms with E-state index in [0.29, 0.717) is 6.42 Å². The number of nitrogens with zero attached hydrogens (tertiary/aromatic N) is 1. The molecule has 0 saturated carbocycles. The number of hydrogen-bond donors (Lipinski definition) is 1. The smallest absolute Gasteiger partial charge is 0.264 e. The van der Waals surface area contributed by atoms with Crippen LogP contribution in [0, 0.1) is 0 Å². The first kappa shape index (κ1) is 21.2. The Morgan fingerprint density at radius 3 is 1.63 bits per heavy atom. The van der Waals surface area contributed by atoms with Crippen LogP contribution in [0.5, 0.6) is 0 Å². The Bertz CT molecular complexity index is 282. The quantitative estimate of drug-likeness (QED) is 0.403. The van der Waals surface area contributed by atoms with Gasteiger partial charge in [-0.25, -0.2) is 0 Å². The van der Waals surface area contributed by atoms with Gasteiger partial charge in [0.15, 0.2) is 0 Å². The van der Waals surface area contributed by atoms with Crippen molar-refractivity contribution in [3.63, 3.8) is 0 Å². The molecule has 0 aromatic rings. The highest BCUT2D eigenvalue weighted by Crippen LogP contribution is 2.06. The van der Waals surface area contributed by atoms with Crippen molar-refractivity contribution in [2.24, 2.45) is 0 Å². The van der Waals surface area contributed by atoms with Crippen LogP contribution in [0.1, 0.15) is 58.8 Å². The van der Waals surface area contributed by atoms with Gasteiger partial charge in [-0.1, -0.05) is 39.5 Å². The average Bonchev–Trinajstić information content (AvgIpc) is 2.21. The summed E-state index contributed by atoms with van der Waals surface area (Å²) in [7, 11) is 3.14. The first-order chi connectivity index (χ1) is 8.62. The number of rotatable bonds is 9. The molecule has 0 atom stereocenters. The van der Waals surface area contributed by atoms with E-state index >= 15 is 0 Å². The normalized spacial score (nSPS) is 11.9. The molecule has 0 heterocycles. The Morgan fingerprint density at radius 1 is 0.842 bits per heavy atom. The Hall–Kier alpha value is -0.130. The average molecular weight is 296 g/mol. The highest BCUT2D eigenvalue weighted by Gasteiger charge is 2.04. The van der Waals surface area contributed by atoms with Crippen molar-refractivity contribution in [2.45, 2.75) is 58.8 Å². The molecule has 19 heavy (non-hydrogen) atoms. The van der Waals surface area contributed by atoms with Gasteiger partial charge in [-0.2, -0.15) is 8.42 Å². The predicted octanol–water partition coefficient (Wildman–Crippen LogP) is 3.34. The van der Waals surface area contributed by atoms with Crippen molar-refractivity contribution in [3.05, 3.63) is 0 Å². The molecule has 0 unspecified atom stereocenters. The SMILES string of the molecule is CCCCCCCC[N+](C)(C)C.CCCS(=O)(=O)O. The molecule has 5 heteroatoms. The van der Waals surface area contributed by atoms with Gasteiger partial charge in [-0.05, 0) is 19.3 Å². The van der Waals surface area contributed by atoms with Crippen LogP contribution in [0.15, 0.2) is 0 Å². The second-order valence-corrected chi connectivity index (χ2v) is 7.64. The largest absolute Gasteiger partial charge is 0.331 e. The molecule has 0 aliphatic rings. The first-order valence-electron chi connectivity index (χ1n) is 7.38. The van der Waals surface area contributed by atoms with Crippen molar-refractivity contribution in [1.82, 2.24) is 0 Å². The third-order valence-corrected chi connectivity index (χ3v) is 3.57. The summed E-state index contributed by atoms with van der Waals surface area (Å²) in [5, 5.41) is 0. The standard InChI is InChI=1S/C11H26N.C3H8O3S/c1-5-6-7-8-9-10-11-12(2,3)4;1-2-3-7(4,5)6/h5-11H2,1-4H3;2-3H2,1H3,(H,4,5,6)/q+1;. The molecule has 0 saturated heterocycles. The number of unbranched alkanes of at least 4 members (excludes halogenated alkanes) is 5. The summed E-state index contributed by atoms with van der Waals surface area (Å²) < 4.78 is 28.7. The second kappa shape index (κ2) is 11.7. The maximum atomic E-state index is 9.79. The molecule has 0 amide bonds. The molecule has 0 aliphatic heterocycles. The third-order valence-electron chi connectivity index (χ3n) is 2.64. The van der Waals surface area contributed by atoms with Crippen LogP contribution in [0.4, 0.5) is 0 Å². The summed E-state index contributed by atoms with van der Waals surface area (Å²) in [4.78, 5) is 0. The van der Waals surface area contributed by atoms with E-state index < -0.39 is 10.1 Å². The Labute approximate surface area is 120 Å². The van der Waals surface area contributed by atoms with E-state index in [-0.39, 0.29) is 5.75 Å². The van der Waals surface area contributed by atoms with Gasteiger partial charge in [0.25, 0.3) is 10.1 Å². The van der Waals surface area contributed by atoms with Crippen molar-refractivity contribution in [3.8, 4) is 0 Å². The molecule has 0 rings (SSSR count). The monoisotopic (exact) mass is 296 g/mol. The lowest BCUT2D eigenvalue weighted by Gasteiger charge is -2.23. The fraction of sp³-hybridized carbons (Fsp3) is 1.00. The van der Waals surface area contributed by atoms with Gasteiger partial charge in [-0.15, -0.1) is 0 Å². The van der Waals surface area contributed by atoms with Gasteiger partial charge < -0.3 is 4.48 Å². The van der Waals surface area contributed by atoms with Gasteiger partial charge in [0, 0.05) is 0 Å². The van der Waals surface area contributed by atoms with E-state index in [2.05, 4.69) is 28.1 Å². The Balaban J connectivity index is 0. The van der Waals surface area contributed by atoms with Gasteiger partial charge >= 0.3 is 0 Å². The summed E-state index contributed by atoms with van der Waals surface area (Å²) >= 11 is 0. The topological polar surface area (TPSA) is 54.4 Å². The lowest BCUT2D eigenvalue weighted by Crippen LogP contribution is -2.35. The Kier molecular flexibility index (Phi) is 13.0. The first-order valence-corrected chi connectivity index (χ1v) is 8.99. The molecule has 0 aliphatic carbocycles. The Morgan fingerprint density at radius 2 is 1.32 bits per heavy atom. The number of quaternary nitrogens is 1. The minimum Gasteiger partial charge on any atom is -0.331 e. The van der Waals surface area contributed by atoms with Crippen molar-refractivity contribution in [1.29, 1.82) is 0 Å². The van der Waals surface area contributed by atoms with E-state index in [1.165, 1.54) is 45.1 Å². The molecule has 118 valence electrons. The molecule has 0 aromatic heterocycles. The summed E-state index contributed by atoms with van der Waals surface area (Å²) in [6, 6.07) is 0. The van der Waals surface area contributed by atoms with Crippen LogP contribution in [-0.2, 0) is 10.1 Å². The maximum Gasteiger partial charge on any atom is 0.264 e. The molecule has 0 radical (unpaired) electrons. The fourth-order valence-corrected chi connectivity index (χ4v) is 2.14. The van der Waals surface area contributed by atoms with E-state index in [1.54, 1.807) is 6.92 Å². The molecule has 0 bridgehead atoms. The molecule has 0 spiro atoms. The summed E-state index contributed by atoms with van der Waals surface area (Å²) in [6.45, 7) is 5.28. The van der Waals surface area contributed by atoms with Crippen LogP contribution in [0.25, 0.3) is 0 Å². The lowest BCUT2D eigenvalue weighted by atomic mass is 10.1. The zero-order valence-electron chi connectivity index (χ0n) is 13.5. The van der Waals surface area contributed by atoms with Crippen LogP contribution >= 0.6 is 0 Å².